The van der Waals surface area contributed by atoms with Crippen LogP contribution in [0.25, 0.3) is 6.08 Å². The van der Waals surface area contributed by atoms with Gasteiger partial charge in [0, 0.05) is 25.3 Å². The van der Waals surface area contributed by atoms with Gasteiger partial charge in [-0.05, 0) is 49.6 Å². The molecular weight excluding hydrogens is 288 g/mol. The number of rotatable bonds is 3. The zero-order chi connectivity index (χ0) is 14.7. The largest absolute Gasteiger partial charge is 0.465 e. The number of piperidine rings is 1. The second-order valence-corrected chi connectivity index (χ2v) is 6.19. The molecule has 0 aromatic carbocycles. The van der Waals surface area contributed by atoms with Crippen LogP contribution >= 0.6 is 11.8 Å². The summed E-state index contributed by atoms with van der Waals surface area (Å²) in [4.78, 5) is 19.0. The molecule has 2 aliphatic heterocycles. The summed E-state index contributed by atoms with van der Waals surface area (Å²) in [6.45, 7) is 1.07. The average molecular weight is 306 g/mol. The number of thioether (sulfide) groups is 1. The first-order valence-electron chi connectivity index (χ1n) is 7.21. The molecule has 1 aromatic heterocycles. The van der Waals surface area contributed by atoms with Gasteiger partial charge in [-0.25, -0.2) is 0 Å². The molecule has 2 aliphatic rings. The number of hydrogen-bond donors (Lipinski definition) is 1. The first-order chi connectivity index (χ1) is 10.3. The van der Waals surface area contributed by atoms with E-state index in [2.05, 4.69) is 9.89 Å². The highest BCUT2D eigenvalue weighted by molar-refractivity contribution is 8.18. The van der Waals surface area contributed by atoms with Crippen LogP contribution in [0.1, 0.15) is 31.4 Å². The SMILES string of the molecule is O=C1N=C(N2CCCC[C@H]2CCO)S/C1=C/c1ccco1. The van der Waals surface area contributed by atoms with E-state index in [0.717, 1.165) is 31.0 Å². The molecule has 0 bridgehead atoms. The molecule has 1 atom stereocenters. The smallest absolute Gasteiger partial charge is 0.286 e. The first-order valence-corrected chi connectivity index (χ1v) is 8.03. The number of aliphatic imine (C=N–C) groups is 1. The van der Waals surface area contributed by atoms with Crippen molar-refractivity contribution in [3.63, 3.8) is 0 Å². The van der Waals surface area contributed by atoms with Gasteiger partial charge in [0.15, 0.2) is 5.17 Å². The summed E-state index contributed by atoms with van der Waals surface area (Å²) in [5.41, 5.74) is 0. The van der Waals surface area contributed by atoms with Crippen molar-refractivity contribution < 1.29 is 14.3 Å². The molecule has 5 nitrogen and oxygen atoms in total. The van der Waals surface area contributed by atoms with Gasteiger partial charge in [0.25, 0.3) is 5.91 Å². The Bertz CT molecular complexity index is 563. The van der Waals surface area contributed by atoms with Crippen molar-refractivity contribution in [1.29, 1.82) is 0 Å². The number of furan rings is 1. The lowest BCUT2D eigenvalue weighted by Crippen LogP contribution is -2.42. The summed E-state index contributed by atoms with van der Waals surface area (Å²) in [6.07, 6.45) is 7.36. The number of amides is 1. The van der Waals surface area contributed by atoms with Gasteiger partial charge < -0.3 is 14.4 Å². The zero-order valence-corrected chi connectivity index (χ0v) is 12.5. The highest BCUT2D eigenvalue weighted by atomic mass is 32.2. The minimum Gasteiger partial charge on any atom is -0.465 e. The van der Waals surface area contributed by atoms with Crippen molar-refractivity contribution in [1.82, 2.24) is 4.90 Å². The van der Waals surface area contributed by atoms with E-state index >= 15 is 0 Å². The summed E-state index contributed by atoms with van der Waals surface area (Å²) < 4.78 is 5.24. The fourth-order valence-corrected chi connectivity index (χ4v) is 3.72. The molecule has 0 aliphatic carbocycles. The Morgan fingerprint density at radius 3 is 3.19 bits per heavy atom. The molecule has 112 valence electrons. The van der Waals surface area contributed by atoms with E-state index in [1.165, 1.54) is 18.2 Å². The summed E-state index contributed by atoms with van der Waals surface area (Å²) in [6, 6.07) is 3.89. The maximum Gasteiger partial charge on any atom is 0.286 e. The molecule has 6 heteroatoms. The van der Waals surface area contributed by atoms with Crippen molar-refractivity contribution in [3.05, 3.63) is 29.1 Å². The lowest BCUT2D eigenvalue weighted by atomic mass is 10.0. The number of likely N-dealkylation sites (tertiary alicyclic amines) is 1. The molecule has 0 saturated carbocycles. The van der Waals surface area contributed by atoms with Crippen molar-refractivity contribution in [2.75, 3.05) is 13.2 Å². The second kappa shape index (κ2) is 6.49. The third-order valence-corrected chi connectivity index (χ3v) is 4.78. The molecule has 0 radical (unpaired) electrons. The van der Waals surface area contributed by atoms with Gasteiger partial charge in [-0.3, -0.25) is 4.79 Å². The topological polar surface area (TPSA) is 66.0 Å². The minimum absolute atomic E-state index is 0.169. The molecule has 3 heterocycles. The molecular formula is C15H18N2O3S. The Hall–Kier alpha value is -1.53. The predicted octanol–water partition coefficient (Wildman–Crippen LogP) is 2.49. The number of hydrogen-bond acceptors (Lipinski definition) is 5. The maximum absolute atomic E-state index is 12.0. The van der Waals surface area contributed by atoms with Crippen molar-refractivity contribution in [2.45, 2.75) is 31.7 Å². The number of carbonyl (C=O) groups excluding carboxylic acids is 1. The van der Waals surface area contributed by atoms with Crippen LogP contribution in [0.5, 0.6) is 0 Å². The Balaban J connectivity index is 1.74. The second-order valence-electron chi connectivity index (χ2n) is 5.18. The normalized spacial score (nSPS) is 24.7. The number of carbonyl (C=O) groups is 1. The predicted molar refractivity (Wildman–Crippen MR) is 82.8 cm³/mol. The molecule has 0 unspecified atom stereocenters. The summed E-state index contributed by atoms with van der Waals surface area (Å²) in [7, 11) is 0. The number of nitrogens with zero attached hydrogens (tertiary/aromatic N) is 2. The molecule has 21 heavy (non-hydrogen) atoms. The van der Waals surface area contributed by atoms with Gasteiger partial charge in [0.2, 0.25) is 0 Å². The number of aliphatic hydroxyl groups is 1. The van der Waals surface area contributed by atoms with E-state index in [9.17, 15) is 9.90 Å². The Morgan fingerprint density at radius 2 is 2.43 bits per heavy atom. The molecule has 1 amide bonds. The summed E-state index contributed by atoms with van der Waals surface area (Å²) in [5.74, 6) is 0.451. The van der Waals surface area contributed by atoms with Gasteiger partial charge in [-0.1, -0.05) is 0 Å². The van der Waals surface area contributed by atoms with Crippen LogP contribution < -0.4 is 0 Å². The molecule has 1 aromatic rings. The van der Waals surface area contributed by atoms with Crippen molar-refractivity contribution in [3.8, 4) is 0 Å². The lowest BCUT2D eigenvalue weighted by molar-refractivity contribution is -0.113. The van der Waals surface area contributed by atoms with Crippen molar-refractivity contribution in [2.24, 2.45) is 4.99 Å². The molecule has 3 rings (SSSR count). The summed E-state index contributed by atoms with van der Waals surface area (Å²) in [5, 5.41) is 9.95. The molecule has 1 saturated heterocycles. The van der Waals surface area contributed by atoms with Gasteiger partial charge in [0.1, 0.15) is 5.76 Å². The van der Waals surface area contributed by atoms with E-state index in [4.69, 9.17) is 4.42 Å². The van der Waals surface area contributed by atoms with Crippen LogP contribution in [0, 0.1) is 0 Å². The van der Waals surface area contributed by atoms with E-state index in [-0.39, 0.29) is 18.6 Å². The maximum atomic E-state index is 12.0. The van der Waals surface area contributed by atoms with E-state index in [1.807, 2.05) is 6.07 Å². The van der Waals surface area contributed by atoms with Crippen LogP contribution in [0.4, 0.5) is 0 Å². The molecule has 1 N–H and O–H groups in total. The van der Waals surface area contributed by atoms with Crippen LogP contribution in [-0.2, 0) is 4.79 Å². The standard InChI is InChI=1S/C15H18N2O3S/c18-8-6-11-4-1-2-7-17(11)15-16-14(19)13(21-15)10-12-5-3-9-20-12/h3,5,9-11,18H,1-2,4,6-8H2/b13-10+/t11-/m0/s1. The van der Waals surface area contributed by atoms with Crippen LogP contribution in [0.3, 0.4) is 0 Å². The molecule has 1 fully saturated rings. The van der Waals surface area contributed by atoms with Gasteiger partial charge in [0.05, 0.1) is 11.2 Å². The Kier molecular flexibility index (Phi) is 4.45. The molecule has 0 spiro atoms. The average Bonchev–Trinajstić information content (AvgIpc) is 3.11. The van der Waals surface area contributed by atoms with Gasteiger partial charge >= 0.3 is 0 Å². The number of amidine groups is 1. The minimum atomic E-state index is -0.209. The summed E-state index contributed by atoms with van der Waals surface area (Å²) >= 11 is 1.40. The Morgan fingerprint density at radius 1 is 1.52 bits per heavy atom. The zero-order valence-electron chi connectivity index (χ0n) is 11.7. The van der Waals surface area contributed by atoms with E-state index in [0.29, 0.717) is 10.7 Å². The third-order valence-electron chi connectivity index (χ3n) is 3.76. The quantitative estimate of drug-likeness (QED) is 0.869. The van der Waals surface area contributed by atoms with Crippen molar-refractivity contribution >= 4 is 28.9 Å². The first kappa shape index (κ1) is 14.4. The third kappa shape index (κ3) is 3.22. The van der Waals surface area contributed by atoms with E-state index < -0.39 is 0 Å². The number of aliphatic hydroxyl groups excluding tert-OH is 1. The fraction of sp³-hybridized carbons (Fsp3) is 0.467. The highest BCUT2D eigenvalue weighted by Crippen LogP contribution is 2.33. The highest BCUT2D eigenvalue weighted by Gasteiger charge is 2.31. The monoisotopic (exact) mass is 306 g/mol. The van der Waals surface area contributed by atoms with Crippen LogP contribution in [-0.4, -0.2) is 40.3 Å². The van der Waals surface area contributed by atoms with Crippen LogP contribution in [0.15, 0.2) is 32.7 Å². The Labute approximate surface area is 127 Å². The van der Waals surface area contributed by atoms with E-state index in [1.54, 1.807) is 18.4 Å². The lowest BCUT2D eigenvalue weighted by Gasteiger charge is -2.36. The van der Waals surface area contributed by atoms with Crippen LogP contribution in [0.2, 0.25) is 0 Å². The van der Waals surface area contributed by atoms with Gasteiger partial charge in [-0.2, -0.15) is 4.99 Å². The van der Waals surface area contributed by atoms with Gasteiger partial charge in [-0.15, -0.1) is 0 Å². The fourth-order valence-electron chi connectivity index (χ4n) is 2.72.